The Morgan fingerprint density at radius 3 is 2.83 bits per heavy atom. The molecule has 0 saturated carbocycles. The van der Waals surface area contributed by atoms with Crippen molar-refractivity contribution in [2.24, 2.45) is 0 Å². The maximum absolute atomic E-state index is 12.0. The van der Waals surface area contributed by atoms with Gasteiger partial charge in [0, 0.05) is 11.8 Å². The summed E-state index contributed by atoms with van der Waals surface area (Å²) < 4.78 is 0. The molecular weight excluding hydrogens is 250 g/mol. The van der Waals surface area contributed by atoms with Gasteiger partial charge in [-0.05, 0) is 36.8 Å². The summed E-state index contributed by atoms with van der Waals surface area (Å²) in [6.07, 6.45) is 1.48. The summed E-state index contributed by atoms with van der Waals surface area (Å²) in [5.74, 6) is -0.267. The predicted molar refractivity (Wildman–Crippen MR) is 72.8 cm³/mol. The Morgan fingerprint density at radius 1 is 1.33 bits per heavy atom. The van der Waals surface area contributed by atoms with E-state index in [0.717, 1.165) is 5.56 Å². The molecule has 1 aromatic heterocycles. The second-order valence-corrected chi connectivity index (χ2v) is 4.30. The minimum absolute atomic E-state index is 0.267. The Labute approximate surface area is 110 Å². The average molecular weight is 262 g/mol. The number of benzene rings is 1. The molecule has 0 radical (unpaired) electrons. The first-order valence-electron chi connectivity index (χ1n) is 5.35. The highest BCUT2D eigenvalue weighted by atomic mass is 35.5. The molecule has 0 aliphatic rings. The number of carbonyl (C=O) groups is 1. The molecule has 0 aliphatic heterocycles. The number of hydrogen-bond acceptors (Lipinski definition) is 3. The van der Waals surface area contributed by atoms with Crippen molar-refractivity contribution in [3.05, 3.63) is 52.8 Å². The molecule has 0 bridgehead atoms. The number of anilines is 2. The number of aryl methyl sites for hydroxylation is 1. The van der Waals surface area contributed by atoms with Crippen LogP contribution in [0, 0.1) is 6.92 Å². The number of halogens is 1. The molecule has 3 N–H and O–H groups in total. The highest BCUT2D eigenvalue weighted by molar-refractivity contribution is 6.29. The van der Waals surface area contributed by atoms with E-state index >= 15 is 0 Å². The highest BCUT2D eigenvalue weighted by Crippen LogP contribution is 2.20. The fraction of sp³-hybridized carbons (Fsp3) is 0.0769. The fourth-order valence-corrected chi connectivity index (χ4v) is 1.69. The standard InChI is InChI=1S/C13H12ClN3O/c1-8-2-3-10(15)11(6-8)17-13(18)9-4-5-16-12(14)7-9/h2-7H,15H2,1H3,(H,17,18). The number of rotatable bonds is 2. The highest BCUT2D eigenvalue weighted by Gasteiger charge is 2.08. The second-order valence-electron chi connectivity index (χ2n) is 3.91. The molecule has 0 unspecified atom stereocenters. The zero-order valence-corrected chi connectivity index (χ0v) is 10.5. The van der Waals surface area contributed by atoms with Gasteiger partial charge < -0.3 is 11.1 Å². The maximum Gasteiger partial charge on any atom is 0.255 e. The molecule has 1 aromatic carbocycles. The van der Waals surface area contributed by atoms with Crippen molar-refractivity contribution in [1.82, 2.24) is 4.98 Å². The molecule has 18 heavy (non-hydrogen) atoms. The Morgan fingerprint density at radius 2 is 2.11 bits per heavy atom. The maximum atomic E-state index is 12.0. The van der Waals surface area contributed by atoms with Gasteiger partial charge in [0.2, 0.25) is 0 Å². The third-order valence-corrected chi connectivity index (χ3v) is 2.65. The summed E-state index contributed by atoms with van der Waals surface area (Å²) in [6.45, 7) is 1.93. The second kappa shape index (κ2) is 5.06. The quantitative estimate of drug-likeness (QED) is 0.645. The monoisotopic (exact) mass is 261 g/mol. The topological polar surface area (TPSA) is 68.0 Å². The van der Waals surface area contributed by atoms with Crippen molar-refractivity contribution < 1.29 is 4.79 Å². The smallest absolute Gasteiger partial charge is 0.255 e. The number of nitrogens with one attached hydrogen (secondary N) is 1. The van der Waals surface area contributed by atoms with Crippen LogP contribution >= 0.6 is 11.6 Å². The minimum atomic E-state index is -0.267. The van der Waals surface area contributed by atoms with Crippen molar-refractivity contribution >= 4 is 28.9 Å². The van der Waals surface area contributed by atoms with Gasteiger partial charge in [-0.3, -0.25) is 4.79 Å². The lowest BCUT2D eigenvalue weighted by Crippen LogP contribution is -2.13. The number of carbonyl (C=O) groups excluding carboxylic acids is 1. The molecule has 0 spiro atoms. The number of nitrogen functional groups attached to an aromatic ring is 1. The van der Waals surface area contributed by atoms with Gasteiger partial charge in [-0.25, -0.2) is 4.98 Å². The van der Waals surface area contributed by atoms with Gasteiger partial charge >= 0.3 is 0 Å². The largest absolute Gasteiger partial charge is 0.397 e. The first kappa shape index (κ1) is 12.4. The van der Waals surface area contributed by atoms with E-state index in [4.69, 9.17) is 17.3 Å². The van der Waals surface area contributed by atoms with Gasteiger partial charge in [-0.2, -0.15) is 0 Å². The zero-order valence-electron chi connectivity index (χ0n) is 9.77. The molecule has 92 valence electrons. The Bertz CT molecular complexity index is 599. The van der Waals surface area contributed by atoms with Crippen LogP contribution in [-0.2, 0) is 0 Å². The SMILES string of the molecule is Cc1ccc(N)c(NC(=O)c2ccnc(Cl)c2)c1. The lowest BCUT2D eigenvalue weighted by Gasteiger charge is -2.09. The van der Waals surface area contributed by atoms with E-state index in [1.54, 1.807) is 12.1 Å². The van der Waals surface area contributed by atoms with Crippen LogP contribution in [0.2, 0.25) is 5.15 Å². The minimum Gasteiger partial charge on any atom is -0.397 e. The van der Waals surface area contributed by atoms with E-state index < -0.39 is 0 Å². The molecule has 4 nitrogen and oxygen atoms in total. The van der Waals surface area contributed by atoms with Crippen LogP contribution in [0.4, 0.5) is 11.4 Å². The molecule has 0 fully saturated rings. The Kier molecular flexibility index (Phi) is 3.48. The summed E-state index contributed by atoms with van der Waals surface area (Å²) >= 11 is 5.73. The Balaban J connectivity index is 2.24. The first-order chi connectivity index (χ1) is 8.56. The van der Waals surface area contributed by atoms with Gasteiger partial charge in [0.05, 0.1) is 11.4 Å². The molecule has 1 amide bonds. The van der Waals surface area contributed by atoms with Crippen molar-refractivity contribution in [3.8, 4) is 0 Å². The van der Waals surface area contributed by atoms with Crippen LogP contribution < -0.4 is 11.1 Å². The number of aromatic nitrogens is 1. The third kappa shape index (κ3) is 2.78. The molecule has 0 atom stereocenters. The summed E-state index contributed by atoms with van der Waals surface area (Å²) in [5.41, 5.74) is 8.37. The summed E-state index contributed by atoms with van der Waals surface area (Å²) in [5, 5.41) is 3.02. The first-order valence-corrected chi connectivity index (χ1v) is 5.73. The van der Waals surface area contributed by atoms with E-state index in [1.807, 2.05) is 19.1 Å². The molecule has 0 saturated heterocycles. The van der Waals surface area contributed by atoms with Gasteiger partial charge in [-0.1, -0.05) is 17.7 Å². The van der Waals surface area contributed by atoms with Gasteiger partial charge in [-0.15, -0.1) is 0 Å². The fourth-order valence-electron chi connectivity index (χ4n) is 1.52. The average Bonchev–Trinajstić information content (AvgIpc) is 2.34. The lowest BCUT2D eigenvalue weighted by atomic mass is 10.2. The van der Waals surface area contributed by atoms with Gasteiger partial charge in [0.25, 0.3) is 5.91 Å². The van der Waals surface area contributed by atoms with Crippen LogP contribution in [0.3, 0.4) is 0 Å². The lowest BCUT2D eigenvalue weighted by molar-refractivity contribution is 0.102. The summed E-state index contributed by atoms with van der Waals surface area (Å²) in [6, 6.07) is 8.55. The molecule has 2 rings (SSSR count). The van der Waals surface area contributed by atoms with Crippen LogP contribution in [0.5, 0.6) is 0 Å². The van der Waals surface area contributed by atoms with E-state index in [1.165, 1.54) is 12.3 Å². The predicted octanol–water partition coefficient (Wildman–Crippen LogP) is 2.88. The zero-order chi connectivity index (χ0) is 13.1. The number of nitrogens with two attached hydrogens (primary N) is 1. The number of amides is 1. The van der Waals surface area contributed by atoms with E-state index in [-0.39, 0.29) is 11.1 Å². The number of hydrogen-bond donors (Lipinski definition) is 2. The van der Waals surface area contributed by atoms with Crippen LogP contribution in [0.15, 0.2) is 36.5 Å². The number of pyridine rings is 1. The summed E-state index contributed by atoms with van der Waals surface area (Å²) in [4.78, 5) is 15.8. The third-order valence-electron chi connectivity index (χ3n) is 2.45. The molecule has 1 heterocycles. The Hall–Kier alpha value is -2.07. The van der Waals surface area contributed by atoms with Crippen molar-refractivity contribution in [2.45, 2.75) is 6.92 Å². The van der Waals surface area contributed by atoms with Crippen LogP contribution in [-0.4, -0.2) is 10.9 Å². The van der Waals surface area contributed by atoms with E-state index in [9.17, 15) is 4.79 Å². The van der Waals surface area contributed by atoms with E-state index in [0.29, 0.717) is 16.9 Å². The van der Waals surface area contributed by atoms with Crippen molar-refractivity contribution in [1.29, 1.82) is 0 Å². The van der Waals surface area contributed by atoms with Crippen LogP contribution in [0.25, 0.3) is 0 Å². The molecular formula is C13H12ClN3O. The van der Waals surface area contributed by atoms with Gasteiger partial charge in [0.1, 0.15) is 5.15 Å². The number of nitrogens with zero attached hydrogens (tertiary/aromatic N) is 1. The normalized spacial score (nSPS) is 10.1. The molecule has 2 aromatic rings. The van der Waals surface area contributed by atoms with E-state index in [2.05, 4.69) is 10.3 Å². The van der Waals surface area contributed by atoms with Crippen LogP contribution in [0.1, 0.15) is 15.9 Å². The molecule has 5 heteroatoms. The summed E-state index contributed by atoms with van der Waals surface area (Å²) in [7, 11) is 0. The van der Waals surface area contributed by atoms with Crippen molar-refractivity contribution in [3.63, 3.8) is 0 Å². The van der Waals surface area contributed by atoms with Gasteiger partial charge in [0.15, 0.2) is 0 Å². The van der Waals surface area contributed by atoms with Crippen molar-refractivity contribution in [2.75, 3.05) is 11.1 Å². The molecule has 0 aliphatic carbocycles.